The molecule has 2 nitrogen and oxygen atoms in total. The van der Waals surface area contributed by atoms with Gasteiger partial charge in [-0.3, -0.25) is 4.90 Å². The second-order valence-electron chi connectivity index (χ2n) is 5.72. The van der Waals surface area contributed by atoms with Crippen molar-refractivity contribution in [2.75, 3.05) is 19.6 Å². The van der Waals surface area contributed by atoms with E-state index in [1.54, 1.807) is 0 Å². The van der Waals surface area contributed by atoms with Crippen LogP contribution in [-0.4, -0.2) is 30.6 Å². The van der Waals surface area contributed by atoms with E-state index in [4.69, 9.17) is 11.6 Å². The summed E-state index contributed by atoms with van der Waals surface area (Å²) in [5, 5.41) is 4.39. The highest BCUT2D eigenvalue weighted by molar-refractivity contribution is 6.30. The molecule has 2 rings (SSSR count). The molecule has 1 heterocycles. The molecule has 3 heteroatoms. The molecule has 1 aromatic carbocycles. The molecule has 0 saturated carbocycles. The van der Waals surface area contributed by atoms with Crippen LogP contribution in [0.25, 0.3) is 0 Å². The molecule has 0 bridgehead atoms. The summed E-state index contributed by atoms with van der Waals surface area (Å²) in [6, 6.07) is 9.53. The smallest absolute Gasteiger partial charge is 0.0409 e. The molecule has 1 aliphatic heterocycles. The van der Waals surface area contributed by atoms with Crippen LogP contribution < -0.4 is 5.32 Å². The second-order valence-corrected chi connectivity index (χ2v) is 6.15. The first kappa shape index (κ1) is 15.8. The van der Waals surface area contributed by atoms with Gasteiger partial charge in [0.2, 0.25) is 0 Å². The molecular formula is C17H27ClN2. The molecule has 1 N–H and O–H groups in total. The van der Waals surface area contributed by atoms with E-state index in [-0.39, 0.29) is 0 Å². The highest BCUT2D eigenvalue weighted by Gasteiger charge is 2.27. The van der Waals surface area contributed by atoms with Crippen molar-refractivity contribution >= 4 is 11.6 Å². The Morgan fingerprint density at radius 2 is 2.25 bits per heavy atom. The molecule has 0 aromatic heterocycles. The van der Waals surface area contributed by atoms with Crippen molar-refractivity contribution in [3.8, 4) is 0 Å². The van der Waals surface area contributed by atoms with Gasteiger partial charge in [-0.25, -0.2) is 0 Å². The molecule has 2 atom stereocenters. The Labute approximate surface area is 128 Å². The maximum absolute atomic E-state index is 6.18. The van der Waals surface area contributed by atoms with Gasteiger partial charge in [-0.05, 0) is 56.5 Å². The summed E-state index contributed by atoms with van der Waals surface area (Å²) in [4.78, 5) is 2.69. The molecule has 20 heavy (non-hydrogen) atoms. The van der Waals surface area contributed by atoms with E-state index >= 15 is 0 Å². The number of hydrogen-bond acceptors (Lipinski definition) is 2. The maximum Gasteiger partial charge on any atom is 0.0409 e. The zero-order valence-corrected chi connectivity index (χ0v) is 13.5. The van der Waals surface area contributed by atoms with Gasteiger partial charge in [-0.2, -0.15) is 0 Å². The van der Waals surface area contributed by atoms with Crippen molar-refractivity contribution in [2.24, 2.45) is 0 Å². The lowest BCUT2D eigenvalue weighted by Gasteiger charge is -2.40. The topological polar surface area (TPSA) is 15.3 Å². The first-order valence-corrected chi connectivity index (χ1v) is 8.36. The van der Waals surface area contributed by atoms with Crippen molar-refractivity contribution in [3.05, 3.63) is 34.9 Å². The van der Waals surface area contributed by atoms with Gasteiger partial charge in [0.25, 0.3) is 0 Å². The lowest BCUT2D eigenvalue weighted by molar-refractivity contribution is 0.108. The predicted molar refractivity (Wildman–Crippen MR) is 87.4 cm³/mol. The van der Waals surface area contributed by atoms with E-state index in [1.807, 2.05) is 6.07 Å². The zero-order chi connectivity index (χ0) is 14.4. The van der Waals surface area contributed by atoms with E-state index in [2.05, 4.69) is 42.3 Å². The summed E-state index contributed by atoms with van der Waals surface area (Å²) >= 11 is 6.18. The first-order chi connectivity index (χ1) is 9.76. The quantitative estimate of drug-likeness (QED) is 0.843. The Balaban J connectivity index is 2.19. The SMILES string of the molecule is CCCN(C1CCCNC1)C(CC)c1cccc(Cl)c1. The average molecular weight is 295 g/mol. The third-order valence-electron chi connectivity index (χ3n) is 4.24. The average Bonchev–Trinajstić information content (AvgIpc) is 2.48. The van der Waals surface area contributed by atoms with Crippen molar-refractivity contribution in [1.29, 1.82) is 0 Å². The standard InChI is InChI=1S/C17H27ClN2/c1-3-11-20(16-9-6-10-19-13-16)17(4-2)14-7-5-8-15(18)12-14/h5,7-8,12,16-17,19H,3-4,6,9-11,13H2,1-2H3. The minimum atomic E-state index is 0.485. The Kier molecular flexibility index (Phi) is 6.34. The highest BCUT2D eigenvalue weighted by atomic mass is 35.5. The Morgan fingerprint density at radius 1 is 1.40 bits per heavy atom. The maximum atomic E-state index is 6.18. The fourth-order valence-electron chi connectivity index (χ4n) is 3.34. The van der Waals surface area contributed by atoms with Gasteiger partial charge in [0.1, 0.15) is 0 Å². The Morgan fingerprint density at radius 3 is 2.85 bits per heavy atom. The fraction of sp³-hybridized carbons (Fsp3) is 0.647. The van der Waals surface area contributed by atoms with Gasteiger partial charge in [0.15, 0.2) is 0 Å². The summed E-state index contributed by atoms with van der Waals surface area (Å²) in [5.41, 5.74) is 1.36. The van der Waals surface area contributed by atoms with E-state index in [0.717, 1.165) is 24.5 Å². The predicted octanol–water partition coefficient (Wildman–Crippen LogP) is 4.26. The molecule has 0 spiro atoms. The lowest BCUT2D eigenvalue weighted by Crippen LogP contribution is -2.47. The van der Waals surface area contributed by atoms with Crippen LogP contribution in [0.15, 0.2) is 24.3 Å². The van der Waals surface area contributed by atoms with Gasteiger partial charge < -0.3 is 5.32 Å². The summed E-state index contributed by atoms with van der Waals surface area (Å²) in [6.45, 7) is 8.01. The number of hydrogen-bond donors (Lipinski definition) is 1. The molecule has 0 amide bonds. The van der Waals surface area contributed by atoms with Gasteiger partial charge in [-0.1, -0.05) is 37.6 Å². The lowest BCUT2D eigenvalue weighted by atomic mass is 9.97. The Hall–Kier alpha value is -0.570. The van der Waals surface area contributed by atoms with Gasteiger partial charge in [0, 0.05) is 23.7 Å². The minimum absolute atomic E-state index is 0.485. The van der Waals surface area contributed by atoms with Gasteiger partial charge >= 0.3 is 0 Å². The molecule has 1 aromatic rings. The van der Waals surface area contributed by atoms with Crippen LogP contribution in [0.1, 0.15) is 51.1 Å². The van der Waals surface area contributed by atoms with Crippen LogP contribution in [0.2, 0.25) is 5.02 Å². The molecule has 2 unspecified atom stereocenters. The van der Waals surface area contributed by atoms with Crippen LogP contribution in [0.4, 0.5) is 0 Å². The summed E-state index contributed by atoms with van der Waals surface area (Å²) in [5.74, 6) is 0. The summed E-state index contributed by atoms with van der Waals surface area (Å²) in [7, 11) is 0. The van der Waals surface area contributed by atoms with Crippen molar-refractivity contribution in [3.63, 3.8) is 0 Å². The third-order valence-corrected chi connectivity index (χ3v) is 4.48. The molecule has 1 saturated heterocycles. The zero-order valence-electron chi connectivity index (χ0n) is 12.7. The van der Waals surface area contributed by atoms with Gasteiger partial charge in [-0.15, -0.1) is 0 Å². The molecule has 0 aliphatic carbocycles. The normalized spacial score (nSPS) is 21.1. The second kappa shape index (κ2) is 8.02. The Bertz CT molecular complexity index is 402. The molecular weight excluding hydrogens is 268 g/mol. The van der Waals surface area contributed by atoms with Crippen molar-refractivity contribution in [1.82, 2.24) is 10.2 Å². The van der Waals surface area contributed by atoms with E-state index in [1.165, 1.54) is 31.4 Å². The molecule has 1 aliphatic rings. The van der Waals surface area contributed by atoms with Crippen molar-refractivity contribution in [2.45, 2.75) is 51.6 Å². The third kappa shape index (κ3) is 3.97. The number of nitrogens with zero attached hydrogens (tertiary/aromatic N) is 1. The molecule has 0 radical (unpaired) electrons. The van der Waals surface area contributed by atoms with E-state index in [9.17, 15) is 0 Å². The van der Waals surface area contributed by atoms with Crippen LogP contribution in [0, 0.1) is 0 Å². The molecule has 112 valence electrons. The van der Waals surface area contributed by atoms with Crippen LogP contribution in [0.3, 0.4) is 0 Å². The highest BCUT2D eigenvalue weighted by Crippen LogP contribution is 2.30. The van der Waals surface area contributed by atoms with Crippen molar-refractivity contribution < 1.29 is 0 Å². The number of benzene rings is 1. The van der Waals surface area contributed by atoms with Crippen LogP contribution in [-0.2, 0) is 0 Å². The number of nitrogens with one attached hydrogen (secondary N) is 1. The first-order valence-electron chi connectivity index (χ1n) is 7.98. The van der Waals surface area contributed by atoms with E-state index in [0.29, 0.717) is 12.1 Å². The van der Waals surface area contributed by atoms with Crippen LogP contribution in [0.5, 0.6) is 0 Å². The number of halogens is 1. The monoisotopic (exact) mass is 294 g/mol. The van der Waals surface area contributed by atoms with E-state index < -0.39 is 0 Å². The number of rotatable bonds is 6. The van der Waals surface area contributed by atoms with Crippen LogP contribution >= 0.6 is 11.6 Å². The number of piperidine rings is 1. The fourth-order valence-corrected chi connectivity index (χ4v) is 3.54. The van der Waals surface area contributed by atoms with Gasteiger partial charge in [0.05, 0.1) is 0 Å². The minimum Gasteiger partial charge on any atom is -0.315 e. The molecule has 1 fully saturated rings. The summed E-state index contributed by atoms with van der Waals surface area (Å²) < 4.78 is 0. The largest absolute Gasteiger partial charge is 0.315 e. The summed E-state index contributed by atoms with van der Waals surface area (Å²) in [6.07, 6.45) is 4.94.